The van der Waals surface area contributed by atoms with E-state index in [0.29, 0.717) is 5.92 Å². The highest BCUT2D eigenvalue weighted by Crippen LogP contribution is 2.16. The molecule has 0 spiro atoms. The van der Waals surface area contributed by atoms with E-state index in [4.69, 9.17) is 0 Å². The van der Waals surface area contributed by atoms with Crippen molar-refractivity contribution in [1.29, 1.82) is 0 Å². The monoisotopic (exact) mass is 243 g/mol. The fourth-order valence-electron chi connectivity index (χ4n) is 1.86. The predicted octanol–water partition coefficient (Wildman–Crippen LogP) is 1.15. The van der Waals surface area contributed by atoms with Gasteiger partial charge in [-0.25, -0.2) is 8.42 Å². The van der Waals surface area contributed by atoms with Gasteiger partial charge in [-0.2, -0.15) is 0 Å². The van der Waals surface area contributed by atoms with E-state index in [0.717, 1.165) is 32.5 Å². The van der Waals surface area contributed by atoms with Crippen LogP contribution in [0, 0.1) is 17.8 Å². The Labute approximate surface area is 99.1 Å². The lowest BCUT2D eigenvalue weighted by Crippen LogP contribution is -2.39. The largest absolute Gasteiger partial charge is 0.292 e. The normalized spacial score (nSPS) is 19.5. The van der Waals surface area contributed by atoms with Crippen LogP contribution in [0.15, 0.2) is 0 Å². The minimum absolute atomic E-state index is 0.137. The molecule has 3 nitrogen and oxygen atoms in total. The lowest BCUT2D eigenvalue weighted by atomic mass is 10.1. The summed E-state index contributed by atoms with van der Waals surface area (Å²) in [4.78, 5) is 2.23. The maximum absolute atomic E-state index is 11.3. The zero-order valence-corrected chi connectivity index (χ0v) is 11.2. The summed E-state index contributed by atoms with van der Waals surface area (Å²) < 4.78 is 22.7. The fourth-order valence-corrected chi connectivity index (χ4v) is 2.92. The second kappa shape index (κ2) is 5.70. The Balaban J connectivity index is 2.36. The van der Waals surface area contributed by atoms with Crippen molar-refractivity contribution in [3.8, 4) is 11.8 Å². The molecule has 1 aliphatic rings. The Hall–Kier alpha value is -0.530. The smallest absolute Gasteiger partial charge is 0.150 e. The second-order valence-electron chi connectivity index (χ2n) is 4.78. The van der Waals surface area contributed by atoms with Crippen LogP contribution in [0.1, 0.15) is 26.7 Å². The zero-order valence-electron chi connectivity index (χ0n) is 10.4. The number of hydrogen-bond donors (Lipinski definition) is 0. The highest BCUT2D eigenvalue weighted by molar-refractivity contribution is 7.91. The van der Waals surface area contributed by atoms with Gasteiger partial charge in [0.25, 0.3) is 0 Å². The van der Waals surface area contributed by atoms with E-state index in [-0.39, 0.29) is 5.25 Å². The molecule has 0 saturated carbocycles. The zero-order chi connectivity index (χ0) is 12.2. The Morgan fingerprint density at radius 1 is 1.31 bits per heavy atom. The molecule has 0 amide bonds. The Morgan fingerprint density at radius 2 is 1.88 bits per heavy atom. The summed E-state index contributed by atoms with van der Waals surface area (Å²) in [5.41, 5.74) is 0. The Kier molecular flexibility index (Phi) is 4.82. The molecular weight excluding hydrogens is 222 g/mol. The number of piperidine rings is 1. The Bertz CT molecular complexity index is 368. The fraction of sp³-hybridized carbons (Fsp3) is 0.833. The molecule has 0 bridgehead atoms. The lowest BCUT2D eigenvalue weighted by Gasteiger charge is -2.29. The second-order valence-corrected chi connectivity index (χ2v) is 7.11. The maximum Gasteiger partial charge on any atom is 0.150 e. The summed E-state index contributed by atoms with van der Waals surface area (Å²) in [6.07, 6.45) is 2.84. The molecule has 0 aliphatic carbocycles. The standard InChI is InChI=1S/C12H21NO2S/c1-11(2)5-4-8-13-9-6-12(7-10-13)16(3,14)15/h11-12H,6-10H2,1-3H3. The van der Waals surface area contributed by atoms with Gasteiger partial charge in [-0.3, -0.25) is 4.90 Å². The first-order valence-corrected chi connectivity index (χ1v) is 7.74. The van der Waals surface area contributed by atoms with Crippen molar-refractivity contribution < 1.29 is 8.42 Å². The van der Waals surface area contributed by atoms with E-state index in [1.54, 1.807) is 0 Å². The van der Waals surface area contributed by atoms with Crippen molar-refractivity contribution >= 4 is 9.84 Å². The van der Waals surface area contributed by atoms with Gasteiger partial charge in [-0.1, -0.05) is 25.7 Å². The van der Waals surface area contributed by atoms with E-state index in [1.807, 2.05) is 0 Å². The van der Waals surface area contributed by atoms with Crippen LogP contribution >= 0.6 is 0 Å². The van der Waals surface area contributed by atoms with Crippen LogP contribution in [0.5, 0.6) is 0 Å². The molecule has 1 fully saturated rings. The average molecular weight is 243 g/mol. The predicted molar refractivity (Wildman–Crippen MR) is 66.9 cm³/mol. The van der Waals surface area contributed by atoms with E-state index >= 15 is 0 Å². The van der Waals surface area contributed by atoms with Crippen LogP contribution in [0.2, 0.25) is 0 Å². The highest BCUT2D eigenvalue weighted by Gasteiger charge is 2.25. The first-order valence-electron chi connectivity index (χ1n) is 5.79. The van der Waals surface area contributed by atoms with E-state index in [2.05, 4.69) is 30.6 Å². The summed E-state index contributed by atoms with van der Waals surface area (Å²) in [6, 6.07) is 0. The molecule has 1 rings (SSSR count). The van der Waals surface area contributed by atoms with Crippen molar-refractivity contribution in [3.05, 3.63) is 0 Å². The molecular formula is C12H21NO2S. The number of rotatable bonds is 2. The van der Waals surface area contributed by atoms with Crippen LogP contribution in [-0.4, -0.2) is 44.5 Å². The summed E-state index contributed by atoms with van der Waals surface area (Å²) in [5, 5.41) is -0.137. The summed E-state index contributed by atoms with van der Waals surface area (Å²) in [6.45, 7) is 6.62. The third kappa shape index (κ3) is 4.54. The first-order chi connectivity index (χ1) is 7.39. The summed E-state index contributed by atoms with van der Waals surface area (Å²) in [7, 11) is -2.85. The lowest BCUT2D eigenvalue weighted by molar-refractivity contribution is 0.256. The van der Waals surface area contributed by atoms with Crippen molar-refractivity contribution in [2.45, 2.75) is 31.9 Å². The number of sulfone groups is 1. The van der Waals surface area contributed by atoms with Crippen molar-refractivity contribution in [3.63, 3.8) is 0 Å². The van der Waals surface area contributed by atoms with Gasteiger partial charge < -0.3 is 0 Å². The number of hydrogen-bond acceptors (Lipinski definition) is 3. The third-order valence-corrected chi connectivity index (χ3v) is 4.52. The van der Waals surface area contributed by atoms with Gasteiger partial charge in [-0.15, -0.1) is 0 Å². The molecule has 0 aromatic heterocycles. The summed E-state index contributed by atoms with van der Waals surface area (Å²) in [5.74, 6) is 6.67. The quantitative estimate of drug-likeness (QED) is 0.683. The molecule has 1 heterocycles. The van der Waals surface area contributed by atoms with Crippen LogP contribution in [0.3, 0.4) is 0 Å². The molecule has 4 heteroatoms. The van der Waals surface area contributed by atoms with Gasteiger partial charge >= 0.3 is 0 Å². The molecule has 0 aromatic rings. The van der Waals surface area contributed by atoms with Crippen LogP contribution in [0.4, 0.5) is 0 Å². The van der Waals surface area contributed by atoms with Gasteiger partial charge in [0.1, 0.15) is 9.84 Å². The van der Waals surface area contributed by atoms with Crippen LogP contribution in [-0.2, 0) is 9.84 Å². The molecule has 0 N–H and O–H groups in total. The maximum atomic E-state index is 11.3. The minimum atomic E-state index is -2.85. The average Bonchev–Trinajstić information content (AvgIpc) is 2.16. The van der Waals surface area contributed by atoms with Crippen LogP contribution in [0.25, 0.3) is 0 Å². The molecule has 0 atom stereocenters. The molecule has 1 aliphatic heterocycles. The minimum Gasteiger partial charge on any atom is -0.292 e. The Morgan fingerprint density at radius 3 is 2.31 bits per heavy atom. The molecule has 0 radical (unpaired) electrons. The van der Waals surface area contributed by atoms with Gasteiger partial charge in [0.15, 0.2) is 0 Å². The molecule has 1 saturated heterocycles. The first kappa shape index (κ1) is 13.5. The van der Waals surface area contributed by atoms with Crippen molar-refractivity contribution in [2.75, 3.05) is 25.9 Å². The van der Waals surface area contributed by atoms with E-state index in [1.165, 1.54) is 6.26 Å². The van der Waals surface area contributed by atoms with Gasteiger partial charge in [0.05, 0.1) is 11.8 Å². The van der Waals surface area contributed by atoms with E-state index in [9.17, 15) is 8.42 Å². The molecule has 16 heavy (non-hydrogen) atoms. The van der Waals surface area contributed by atoms with E-state index < -0.39 is 9.84 Å². The topological polar surface area (TPSA) is 37.4 Å². The van der Waals surface area contributed by atoms with Crippen molar-refractivity contribution in [1.82, 2.24) is 4.90 Å². The van der Waals surface area contributed by atoms with Gasteiger partial charge in [0.2, 0.25) is 0 Å². The number of nitrogens with zero attached hydrogens (tertiary/aromatic N) is 1. The molecule has 0 unspecified atom stereocenters. The molecule has 0 aromatic carbocycles. The number of likely N-dealkylation sites (tertiary alicyclic amines) is 1. The van der Waals surface area contributed by atoms with Crippen LogP contribution < -0.4 is 0 Å². The highest BCUT2D eigenvalue weighted by atomic mass is 32.2. The van der Waals surface area contributed by atoms with Gasteiger partial charge in [-0.05, 0) is 12.8 Å². The summed E-state index contributed by atoms with van der Waals surface area (Å²) >= 11 is 0. The third-order valence-electron chi connectivity index (χ3n) is 2.83. The van der Waals surface area contributed by atoms with Gasteiger partial charge in [0, 0.05) is 25.3 Å². The molecule has 92 valence electrons. The van der Waals surface area contributed by atoms with Crippen molar-refractivity contribution in [2.24, 2.45) is 5.92 Å². The SMILES string of the molecule is CC(C)C#CCN1CCC(S(C)(=O)=O)CC1.